The Bertz CT molecular complexity index is 494. The Morgan fingerprint density at radius 2 is 2.16 bits per heavy atom. The Hall–Kier alpha value is -1.62. The van der Waals surface area contributed by atoms with E-state index < -0.39 is 5.97 Å². The van der Waals surface area contributed by atoms with Gasteiger partial charge in [0.25, 0.3) is 0 Å². The fourth-order valence-corrected chi connectivity index (χ4v) is 2.65. The van der Waals surface area contributed by atoms with Gasteiger partial charge in [-0.3, -0.25) is 0 Å². The molecule has 0 unspecified atom stereocenters. The first-order chi connectivity index (χ1) is 9.24. The van der Waals surface area contributed by atoms with Gasteiger partial charge in [0, 0.05) is 18.5 Å². The van der Waals surface area contributed by atoms with Crippen molar-refractivity contribution in [3.05, 3.63) is 22.9 Å². The third kappa shape index (κ3) is 2.56. The number of aryl methyl sites for hydroxylation is 2. The zero-order chi connectivity index (χ0) is 13.2. The first kappa shape index (κ1) is 12.4. The molecule has 1 aromatic heterocycles. The molecule has 3 rings (SSSR count). The average molecular weight is 263 g/mol. The number of carbonyl (C=O) groups is 1. The molecule has 5 nitrogen and oxygen atoms in total. The predicted molar refractivity (Wildman–Crippen MR) is 67.7 cm³/mol. The maximum Gasteiger partial charge on any atom is 0.341 e. The van der Waals surface area contributed by atoms with Crippen LogP contribution in [0.25, 0.3) is 0 Å². The number of hydrogen-bond donors (Lipinski definition) is 1. The predicted octanol–water partition coefficient (Wildman–Crippen LogP) is 1.83. The van der Waals surface area contributed by atoms with Gasteiger partial charge >= 0.3 is 5.97 Å². The van der Waals surface area contributed by atoms with Crippen LogP contribution in [-0.2, 0) is 17.6 Å². The molecule has 102 valence electrons. The molecule has 19 heavy (non-hydrogen) atoms. The van der Waals surface area contributed by atoms with Gasteiger partial charge in [0.1, 0.15) is 11.7 Å². The van der Waals surface area contributed by atoms with E-state index in [-0.39, 0.29) is 17.5 Å². The van der Waals surface area contributed by atoms with Crippen molar-refractivity contribution in [3.63, 3.8) is 0 Å². The van der Waals surface area contributed by atoms with Gasteiger partial charge in [0.05, 0.1) is 13.2 Å². The summed E-state index contributed by atoms with van der Waals surface area (Å²) in [5.41, 5.74) is 2.23. The van der Waals surface area contributed by atoms with E-state index in [1.54, 1.807) is 6.07 Å². The van der Waals surface area contributed by atoms with E-state index in [0.717, 1.165) is 43.4 Å². The molecule has 0 spiro atoms. The van der Waals surface area contributed by atoms with Gasteiger partial charge in [-0.2, -0.15) is 0 Å². The van der Waals surface area contributed by atoms with Gasteiger partial charge in [-0.05, 0) is 30.9 Å². The molecule has 2 heterocycles. The van der Waals surface area contributed by atoms with Gasteiger partial charge in [-0.15, -0.1) is 0 Å². The lowest BCUT2D eigenvalue weighted by molar-refractivity contribution is 0.0229. The van der Waals surface area contributed by atoms with Crippen LogP contribution in [0.1, 0.15) is 40.9 Å². The van der Waals surface area contributed by atoms with Crippen molar-refractivity contribution in [1.82, 2.24) is 4.98 Å². The molecule has 0 radical (unpaired) electrons. The lowest BCUT2D eigenvalue weighted by Gasteiger charge is -2.23. The van der Waals surface area contributed by atoms with Crippen molar-refractivity contribution in [2.24, 2.45) is 0 Å². The summed E-state index contributed by atoms with van der Waals surface area (Å²) in [6.07, 6.45) is 4.47. The van der Waals surface area contributed by atoms with Gasteiger partial charge in [-0.1, -0.05) is 0 Å². The lowest BCUT2D eigenvalue weighted by Crippen LogP contribution is -2.27. The van der Waals surface area contributed by atoms with E-state index >= 15 is 0 Å². The summed E-state index contributed by atoms with van der Waals surface area (Å²) in [4.78, 5) is 15.7. The Kier molecular flexibility index (Phi) is 3.38. The molecular formula is C14H17NO4. The molecule has 0 amide bonds. The number of pyridine rings is 1. The van der Waals surface area contributed by atoms with Crippen molar-refractivity contribution in [3.8, 4) is 5.88 Å². The Morgan fingerprint density at radius 1 is 1.37 bits per heavy atom. The molecule has 1 aromatic rings. The van der Waals surface area contributed by atoms with Crippen LogP contribution >= 0.6 is 0 Å². The van der Waals surface area contributed by atoms with Gasteiger partial charge in [0.15, 0.2) is 0 Å². The van der Waals surface area contributed by atoms with Crippen molar-refractivity contribution in [2.75, 3.05) is 13.2 Å². The summed E-state index contributed by atoms with van der Waals surface area (Å²) in [6.45, 7) is 1.33. The second kappa shape index (κ2) is 5.17. The Balaban J connectivity index is 1.87. The second-order valence-electron chi connectivity index (χ2n) is 5.04. The molecule has 5 heteroatoms. The number of carboxylic acids is 1. The number of rotatable bonds is 3. The summed E-state index contributed by atoms with van der Waals surface area (Å²) in [6, 6.07) is 1.73. The van der Waals surface area contributed by atoms with Crippen LogP contribution in [0.5, 0.6) is 5.88 Å². The number of carboxylic acid groups (broad SMARTS) is 1. The van der Waals surface area contributed by atoms with Crippen molar-refractivity contribution in [1.29, 1.82) is 0 Å². The zero-order valence-corrected chi connectivity index (χ0v) is 10.7. The fourth-order valence-electron chi connectivity index (χ4n) is 2.65. The SMILES string of the molecule is O=C(O)c1cc2c(nc1OC1CCOCC1)CCC2. The summed E-state index contributed by atoms with van der Waals surface area (Å²) in [5, 5.41) is 9.28. The first-order valence-corrected chi connectivity index (χ1v) is 6.74. The highest BCUT2D eigenvalue weighted by atomic mass is 16.5. The van der Waals surface area contributed by atoms with Crippen LogP contribution in [0.3, 0.4) is 0 Å². The van der Waals surface area contributed by atoms with E-state index in [1.165, 1.54) is 0 Å². The van der Waals surface area contributed by atoms with E-state index in [4.69, 9.17) is 9.47 Å². The molecule has 1 aliphatic heterocycles. The van der Waals surface area contributed by atoms with Gasteiger partial charge < -0.3 is 14.6 Å². The molecule has 0 bridgehead atoms. The third-order valence-corrected chi connectivity index (χ3v) is 3.69. The second-order valence-corrected chi connectivity index (χ2v) is 5.04. The summed E-state index contributed by atoms with van der Waals surface area (Å²) in [7, 11) is 0. The van der Waals surface area contributed by atoms with E-state index in [0.29, 0.717) is 13.2 Å². The zero-order valence-electron chi connectivity index (χ0n) is 10.7. The number of hydrogen-bond acceptors (Lipinski definition) is 4. The minimum Gasteiger partial charge on any atom is -0.477 e. The molecule has 0 aromatic carbocycles. The summed E-state index contributed by atoms with van der Waals surface area (Å²) < 4.78 is 11.1. The minimum atomic E-state index is -0.968. The Labute approximate surface area is 111 Å². The molecule has 1 fully saturated rings. The monoisotopic (exact) mass is 263 g/mol. The maximum absolute atomic E-state index is 11.3. The van der Waals surface area contributed by atoms with Crippen LogP contribution in [0, 0.1) is 0 Å². The molecule has 0 saturated carbocycles. The van der Waals surface area contributed by atoms with E-state index in [9.17, 15) is 9.90 Å². The maximum atomic E-state index is 11.3. The lowest BCUT2D eigenvalue weighted by atomic mass is 10.1. The third-order valence-electron chi connectivity index (χ3n) is 3.69. The topological polar surface area (TPSA) is 68.7 Å². The molecular weight excluding hydrogens is 246 g/mol. The van der Waals surface area contributed by atoms with Crippen LogP contribution in [0.4, 0.5) is 0 Å². The van der Waals surface area contributed by atoms with Gasteiger partial charge in [0.2, 0.25) is 5.88 Å². The van der Waals surface area contributed by atoms with Gasteiger partial charge in [-0.25, -0.2) is 9.78 Å². The highest BCUT2D eigenvalue weighted by molar-refractivity contribution is 5.90. The largest absolute Gasteiger partial charge is 0.477 e. The average Bonchev–Trinajstić information content (AvgIpc) is 2.86. The number of ether oxygens (including phenoxy) is 2. The van der Waals surface area contributed by atoms with Crippen molar-refractivity contribution >= 4 is 5.97 Å². The van der Waals surface area contributed by atoms with Crippen molar-refractivity contribution in [2.45, 2.75) is 38.2 Å². The fraction of sp³-hybridized carbons (Fsp3) is 0.571. The molecule has 2 aliphatic rings. The molecule has 0 atom stereocenters. The number of nitrogens with zero attached hydrogens (tertiary/aromatic N) is 1. The molecule has 1 saturated heterocycles. The standard InChI is InChI=1S/C14H17NO4/c16-14(17)11-8-9-2-1-3-12(9)15-13(11)19-10-4-6-18-7-5-10/h8,10H,1-7H2,(H,16,17). The normalized spacial score (nSPS) is 19.2. The number of aromatic carboxylic acids is 1. The summed E-state index contributed by atoms with van der Waals surface area (Å²) >= 11 is 0. The van der Waals surface area contributed by atoms with Crippen LogP contribution in [0.2, 0.25) is 0 Å². The highest BCUT2D eigenvalue weighted by Crippen LogP contribution is 2.28. The minimum absolute atomic E-state index is 0.0128. The quantitative estimate of drug-likeness (QED) is 0.901. The molecule has 1 N–H and O–H groups in total. The van der Waals surface area contributed by atoms with Crippen LogP contribution < -0.4 is 4.74 Å². The van der Waals surface area contributed by atoms with Crippen LogP contribution in [0.15, 0.2) is 6.07 Å². The molecule has 1 aliphatic carbocycles. The van der Waals surface area contributed by atoms with E-state index in [2.05, 4.69) is 4.98 Å². The Morgan fingerprint density at radius 3 is 2.89 bits per heavy atom. The van der Waals surface area contributed by atoms with E-state index in [1.807, 2.05) is 0 Å². The number of aromatic nitrogens is 1. The summed E-state index contributed by atoms with van der Waals surface area (Å²) in [5.74, 6) is -0.690. The smallest absolute Gasteiger partial charge is 0.341 e. The van der Waals surface area contributed by atoms with Crippen LogP contribution in [-0.4, -0.2) is 35.4 Å². The number of fused-ring (bicyclic) bond motifs is 1. The van der Waals surface area contributed by atoms with Crippen molar-refractivity contribution < 1.29 is 19.4 Å². The first-order valence-electron chi connectivity index (χ1n) is 6.74. The highest BCUT2D eigenvalue weighted by Gasteiger charge is 2.24.